The Morgan fingerprint density at radius 2 is 1.67 bits per heavy atom. The van der Waals surface area contributed by atoms with E-state index in [0.717, 1.165) is 16.6 Å². The van der Waals surface area contributed by atoms with Gasteiger partial charge >= 0.3 is 0 Å². The number of hydrogen-bond acceptors (Lipinski definition) is 6. The van der Waals surface area contributed by atoms with E-state index in [1.807, 2.05) is 54.6 Å². The fourth-order valence-electron chi connectivity index (χ4n) is 4.60. The Morgan fingerprint density at radius 1 is 1.00 bits per heavy atom. The minimum Gasteiger partial charge on any atom is -0.490 e. The first kappa shape index (κ1) is 26.6. The van der Waals surface area contributed by atoms with E-state index in [9.17, 15) is 9.59 Å². The summed E-state index contributed by atoms with van der Waals surface area (Å²) < 4.78 is 12.3. The Bertz CT molecular complexity index is 1400. The maximum Gasteiger partial charge on any atom is 0.246 e. The van der Waals surface area contributed by atoms with Crippen molar-refractivity contribution in [3.8, 4) is 5.75 Å². The van der Waals surface area contributed by atoms with Crippen LogP contribution in [0.4, 0.5) is 0 Å². The molecule has 0 bridgehead atoms. The molecule has 0 spiro atoms. The van der Waals surface area contributed by atoms with Gasteiger partial charge in [-0.05, 0) is 42.0 Å². The number of halogens is 1. The molecule has 5 rings (SSSR count). The Hall–Kier alpha value is -3.95. The van der Waals surface area contributed by atoms with E-state index in [1.54, 1.807) is 41.1 Å². The molecular formula is C29H30ClN5O4. The van der Waals surface area contributed by atoms with E-state index < -0.39 is 5.60 Å². The first-order chi connectivity index (χ1) is 18.9. The summed E-state index contributed by atoms with van der Waals surface area (Å²) in [5.74, 6) is 0.343. The van der Waals surface area contributed by atoms with Gasteiger partial charge in [0.1, 0.15) is 35.5 Å². The highest BCUT2D eigenvalue weighted by molar-refractivity contribution is 6.30. The second kappa shape index (κ2) is 11.8. The van der Waals surface area contributed by atoms with Crippen LogP contribution in [0.1, 0.15) is 12.0 Å². The lowest BCUT2D eigenvalue weighted by Gasteiger charge is -2.42. The second-order valence-electron chi connectivity index (χ2n) is 9.72. The molecule has 0 saturated carbocycles. The smallest absolute Gasteiger partial charge is 0.246 e. The van der Waals surface area contributed by atoms with E-state index in [-0.39, 0.29) is 44.5 Å². The van der Waals surface area contributed by atoms with E-state index in [0.29, 0.717) is 23.9 Å². The molecular weight excluding hydrogens is 518 g/mol. The Kier molecular flexibility index (Phi) is 8.09. The summed E-state index contributed by atoms with van der Waals surface area (Å²) in [5.41, 5.74) is 1.45. The van der Waals surface area contributed by atoms with Crippen molar-refractivity contribution in [1.82, 2.24) is 24.8 Å². The first-order valence-corrected chi connectivity index (χ1v) is 13.1. The molecule has 1 saturated heterocycles. The highest BCUT2D eigenvalue weighted by Crippen LogP contribution is 2.26. The summed E-state index contributed by atoms with van der Waals surface area (Å²) in [4.78, 5) is 31.5. The van der Waals surface area contributed by atoms with E-state index in [1.165, 1.54) is 4.80 Å². The van der Waals surface area contributed by atoms with Gasteiger partial charge in [-0.3, -0.25) is 9.59 Å². The summed E-state index contributed by atoms with van der Waals surface area (Å²) in [6, 6.07) is 24.3. The van der Waals surface area contributed by atoms with Crippen molar-refractivity contribution in [2.75, 3.05) is 33.4 Å². The van der Waals surface area contributed by atoms with Crippen molar-refractivity contribution in [1.29, 1.82) is 0 Å². The number of hydrogen-bond donors (Lipinski definition) is 0. The van der Waals surface area contributed by atoms with Crippen LogP contribution in [0.25, 0.3) is 11.0 Å². The lowest BCUT2D eigenvalue weighted by Crippen LogP contribution is -2.58. The molecule has 2 heterocycles. The van der Waals surface area contributed by atoms with Crippen LogP contribution >= 0.6 is 11.6 Å². The van der Waals surface area contributed by atoms with Crippen molar-refractivity contribution < 1.29 is 19.1 Å². The van der Waals surface area contributed by atoms with Gasteiger partial charge in [0, 0.05) is 25.2 Å². The molecule has 1 fully saturated rings. The van der Waals surface area contributed by atoms with Crippen molar-refractivity contribution in [3.63, 3.8) is 0 Å². The Morgan fingerprint density at radius 3 is 2.36 bits per heavy atom. The molecule has 0 radical (unpaired) electrons. The van der Waals surface area contributed by atoms with Crippen LogP contribution in [0.5, 0.6) is 5.75 Å². The number of benzene rings is 3. The molecule has 10 heteroatoms. The average molecular weight is 548 g/mol. The third-order valence-corrected chi connectivity index (χ3v) is 6.94. The van der Waals surface area contributed by atoms with E-state index >= 15 is 0 Å². The molecule has 4 aromatic rings. The van der Waals surface area contributed by atoms with Crippen LogP contribution in [0.2, 0.25) is 5.02 Å². The molecule has 1 atom stereocenters. The fourth-order valence-corrected chi connectivity index (χ4v) is 4.73. The summed E-state index contributed by atoms with van der Waals surface area (Å²) >= 11 is 6.02. The predicted octanol–water partition coefficient (Wildman–Crippen LogP) is 3.81. The zero-order valence-corrected chi connectivity index (χ0v) is 22.5. The number of fused-ring (bicyclic) bond motifs is 1. The first-order valence-electron chi connectivity index (χ1n) is 12.8. The maximum atomic E-state index is 13.4. The van der Waals surface area contributed by atoms with Gasteiger partial charge in [0.05, 0.1) is 19.6 Å². The fraction of sp³-hybridized carbons (Fsp3) is 0.310. The van der Waals surface area contributed by atoms with Gasteiger partial charge in [-0.2, -0.15) is 15.0 Å². The number of aromatic nitrogens is 3. The standard InChI is InChI=1S/C29H30ClN5O4/c1-33(18-22-7-3-2-4-8-22)27(36)17-29(21-38-24-13-11-23(30)12-14-24)20-34(15-16-39-29)28(37)19-35-31-25-9-5-6-10-26(25)32-35/h2-14H,15-21H2,1H3. The molecule has 1 aliphatic heterocycles. The summed E-state index contributed by atoms with van der Waals surface area (Å²) in [5, 5.41) is 9.42. The number of ether oxygens (including phenoxy) is 2. The van der Waals surface area contributed by atoms with Crippen LogP contribution in [0.3, 0.4) is 0 Å². The largest absolute Gasteiger partial charge is 0.490 e. The van der Waals surface area contributed by atoms with Gasteiger partial charge in [0.15, 0.2) is 0 Å². The third-order valence-electron chi connectivity index (χ3n) is 6.68. The highest BCUT2D eigenvalue weighted by Gasteiger charge is 2.42. The van der Waals surface area contributed by atoms with Crippen molar-refractivity contribution in [2.45, 2.75) is 25.1 Å². The number of amides is 2. The van der Waals surface area contributed by atoms with E-state index in [2.05, 4.69) is 10.2 Å². The number of carbonyl (C=O) groups excluding carboxylic acids is 2. The van der Waals surface area contributed by atoms with Crippen LogP contribution in [0, 0.1) is 0 Å². The minimum atomic E-state index is -1.03. The van der Waals surface area contributed by atoms with Gasteiger partial charge < -0.3 is 19.3 Å². The molecule has 202 valence electrons. The van der Waals surface area contributed by atoms with Crippen LogP contribution in [-0.4, -0.2) is 75.6 Å². The Balaban J connectivity index is 1.31. The lowest BCUT2D eigenvalue weighted by atomic mass is 9.96. The van der Waals surface area contributed by atoms with Crippen LogP contribution in [-0.2, 0) is 27.4 Å². The minimum absolute atomic E-state index is 0.00927. The monoisotopic (exact) mass is 547 g/mol. The molecule has 1 aromatic heterocycles. The number of morpholine rings is 1. The molecule has 1 unspecified atom stereocenters. The summed E-state index contributed by atoms with van der Waals surface area (Å²) in [7, 11) is 1.77. The Labute approximate surface area is 231 Å². The summed E-state index contributed by atoms with van der Waals surface area (Å²) in [6.45, 7) is 1.42. The SMILES string of the molecule is CN(Cc1ccccc1)C(=O)CC1(COc2ccc(Cl)cc2)CN(C(=O)Cn2nc3ccccc3n2)CCO1. The molecule has 9 nitrogen and oxygen atoms in total. The number of carbonyl (C=O) groups is 2. The predicted molar refractivity (Wildman–Crippen MR) is 147 cm³/mol. The van der Waals surface area contributed by atoms with Crippen molar-refractivity contribution >= 4 is 34.4 Å². The van der Waals surface area contributed by atoms with Gasteiger partial charge in [-0.15, -0.1) is 0 Å². The maximum absolute atomic E-state index is 13.4. The zero-order chi connectivity index (χ0) is 27.2. The highest BCUT2D eigenvalue weighted by atomic mass is 35.5. The van der Waals surface area contributed by atoms with E-state index in [4.69, 9.17) is 21.1 Å². The van der Waals surface area contributed by atoms with Gasteiger partial charge in [-0.25, -0.2) is 0 Å². The molecule has 2 amide bonds. The second-order valence-corrected chi connectivity index (χ2v) is 10.2. The topological polar surface area (TPSA) is 89.8 Å². The molecule has 39 heavy (non-hydrogen) atoms. The average Bonchev–Trinajstić information content (AvgIpc) is 3.36. The molecule has 1 aliphatic rings. The van der Waals surface area contributed by atoms with Gasteiger partial charge in [0.2, 0.25) is 11.8 Å². The lowest BCUT2D eigenvalue weighted by molar-refractivity contribution is -0.166. The van der Waals surface area contributed by atoms with Crippen molar-refractivity contribution in [2.24, 2.45) is 0 Å². The van der Waals surface area contributed by atoms with Gasteiger partial charge in [-0.1, -0.05) is 54.1 Å². The van der Waals surface area contributed by atoms with Crippen LogP contribution in [0.15, 0.2) is 78.9 Å². The third kappa shape index (κ3) is 6.74. The number of rotatable bonds is 9. The molecule has 0 N–H and O–H groups in total. The normalized spacial score (nSPS) is 17.2. The van der Waals surface area contributed by atoms with Gasteiger partial charge in [0.25, 0.3) is 0 Å². The number of nitrogens with zero attached hydrogens (tertiary/aromatic N) is 5. The van der Waals surface area contributed by atoms with Crippen LogP contribution < -0.4 is 4.74 Å². The summed E-state index contributed by atoms with van der Waals surface area (Å²) in [6.07, 6.45) is 0.0532. The zero-order valence-electron chi connectivity index (χ0n) is 21.7. The molecule has 3 aromatic carbocycles. The quantitative estimate of drug-likeness (QED) is 0.316. The van der Waals surface area contributed by atoms with Crippen molar-refractivity contribution in [3.05, 3.63) is 89.4 Å². The molecule has 0 aliphatic carbocycles.